The first-order chi connectivity index (χ1) is 6.33. The van der Waals surface area contributed by atoms with Crippen molar-refractivity contribution in [2.75, 3.05) is 12.4 Å². The summed E-state index contributed by atoms with van der Waals surface area (Å²) >= 11 is 0. The lowest BCUT2D eigenvalue weighted by atomic mass is 10.5. The number of anilines is 1. The van der Waals surface area contributed by atoms with Crippen molar-refractivity contribution in [3.05, 3.63) is 18.1 Å². The SMILES string of the molecule is CC.CC.CNc1ccnc(C)n1. The van der Waals surface area contributed by atoms with E-state index >= 15 is 0 Å². The molecule has 13 heavy (non-hydrogen) atoms. The van der Waals surface area contributed by atoms with Crippen molar-refractivity contribution in [1.82, 2.24) is 9.97 Å². The molecule has 0 atom stereocenters. The topological polar surface area (TPSA) is 37.8 Å². The molecular weight excluding hydrogens is 162 g/mol. The van der Waals surface area contributed by atoms with Gasteiger partial charge in [-0.05, 0) is 13.0 Å². The Kier molecular flexibility index (Phi) is 12.1. The molecule has 0 saturated heterocycles. The number of aromatic nitrogens is 2. The van der Waals surface area contributed by atoms with Crippen LogP contribution in [0.4, 0.5) is 5.82 Å². The van der Waals surface area contributed by atoms with Crippen LogP contribution in [-0.4, -0.2) is 17.0 Å². The van der Waals surface area contributed by atoms with Crippen molar-refractivity contribution in [1.29, 1.82) is 0 Å². The Morgan fingerprint density at radius 3 is 2.00 bits per heavy atom. The van der Waals surface area contributed by atoms with Crippen LogP contribution in [-0.2, 0) is 0 Å². The molecule has 0 radical (unpaired) electrons. The zero-order chi connectivity index (χ0) is 10.7. The summed E-state index contributed by atoms with van der Waals surface area (Å²) in [7, 11) is 1.84. The Morgan fingerprint density at radius 1 is 1.15 bits per heavy atom. The number of hydrogen-bond donors (Lipinski definition) is 1. The van der Waals surface area contributed by atoms with E-state index in [1.165, 1.54) is 0 Å². The second-order valence-corrected chi connectivity index (χ2v) is 1.74. The predicted molar refractivity (Wildman–Crippen MR) is 59.0 cm³/mol. The van der Waals surface area contributed by atoms with E-state index in [9.17, 15) is 0 Å². The molecule has 76 valence electrons. The van der Waals surface area contributed by atoms with Gasteiger partial charge in [0.2, 0.25) is 0 Å². The highest BCUT2D eigenvalue weighted by atomic mass is 15.0. The minimum absolute atomic E-state index is 0.793. The fourth-order valence-corrected chi connectivity index (χ4v) is 0.595. The van der Waals surface area contributed by atoms with Gasteiger partial charge in [0.05, 0.1) is 0 Å². The Bertz CT molecular complexity index is 199. The first kappa shape index (κ1) is 14.4. The van der Waals surface area contributed by atoms with Crippen molar-refractivity contribution < 1.29 is 0 Å². The maximum absolute atomic E-state index is 4.07. The molecule has 0 saturated carbocycles. The van der Waals surface area contributed by atoms with Gasteiger partial charge in [-0.15, -0.1) is 0 Å². The Balaban J connectivity index is 0. The lowest BCUT2D eigenvalue weighted by Gasteiger charge is -1.96. The molecule has 1 aromatic heterocycles. The van der Waals surface area contributed by atoms with Crippen LogP contribution >= 0.6 is 0 Å². The first-order valence-electron chi connectivity index (χ1n) is 4.80. The third kappa shape index (κ3) is 7.25. The minimum atomic E-state index is 0.793. The lowest BCUT2D eigenvalue weighted by molar-refractivity contribution is 1.05. The fourth-order valence-electron chi connectivity index (χ4n) is 0.595. The molecule has 0 amide bonds. The van der Waals surface area contributed by atoms with Gasteiger partial charge in [0, 0.05) is 13.2 Å². The summed E-state index contributed by atoms with van der Waals surface area (Å²) in [5.74, 6) is 1.66. The average Bonchev–Trinajstić information content (AvgIpc) is 2.24. The normalized spacial score (nSPS) is 7.23. The van der Waals surface area contributed by atoms with Gasteiger partial charge >= 0.3 is 0 Å². The summed E-state index contributed by atoms with van der Waals surface area (Å²) in [5, 5.41) is 2.92. The van der Waals surface area contributed by atoms with Crippen LogP contribution in [0.5, 0.6) is 0 Å². The van der Waals surface area contributed by atoms with Gasteiger partial charge in [-0.2, -0.15) is 0 Å². The highest BCUT2D eigenvalue weighted by Gasteiger charge is 1.87. The van der Waals surface area contributed by atoms with Crippen molar-refractivity contribution in [2.24, 2.45) is 0 Å². The van der Waals surface area contributed by atoms with E-state index in [0.29, 0.717) is 0 Å². The Hall–Kier alpha value is -1.12. The number of hydrogen-bond acceptors (Lipinski definition) is 3. The second kappa shape index (κ2) is 10.9. The van der Waals surface area contributed by atoms with Gasteiger partial charge in [-0.25, -0.2) is 9.97 Å². The van der Waals surface area contributed by atoms with E-state index < -0.39 is 0 Å². The summed E-state index contributed by atoms with van der Waals surface area (Å²) in [6.07, 6.45) is 1.73. The molecule has 0 aliphatic rings. The van der Waals surface area contributed by atoms with Crippen LogP contribution in [0.3, 0.4) is 0 Å². The number of nitrogens with one attached hydrogen (secondary N) is 1. The number of aryl methyl sites for hydroxylation is 1. The average molecular weight is 183 g/mol. The predicted octanol–water partition coefficient (Wildman–Crippen LogP) is 2.88. The van der Waals surface area contributed by atoms with Crippen molar-refractivity contribution >= 4 is 5.82 Å². The third-order valence-electron chi connectivity index (χ3n) is 1.03. The maximum Gasteiger partial charge on any atom is 0.129 e. The highest BCUT2D eigenvalue weighted by Crippen LogP contribution is 1.97. The molecule has 1 N–H and O–H groups in total. The largest absolute Gasteiger partial charge is 0.373 e. The van der Waals surface area contributed by atoms with Gasteiger partial charge in [0.25, 0.3) is 0 Å². The molecular formula is C10H21N3. The number of rotatable bonds is 1. The molecule has 0 unspecified atom stereocenters. The lowest BCUT2D eigenvalue weighted by Crippen LogP contribution is -1.94. The van der Waals surface area contributed by atoms with Crippen LogP contribution in [0.25, 0.3) is 0 Å². The van der Waals surface area contributed by atoms with Gasteiger partial charge < -0.3 is 5.32 Å². The summed E-state index contributed by atoms with van der Waals surface area (Å²) < 4.78 is 0. The minimum Gasteiger partial charge on any atom is -0.373 e. The fraction of sp³-hybridized carbons (Fsp3) is 0.600. The van der Waals surface area contributed by atoms with E-state index in [0.717, 1.165) is 11.6 Å². The maximum atomic E-state index is 4.07. The molecule has 0 fully saturated rings. The Labute approximate surface area is 81.6 Å². The number of nitrogens with zero attached hydrogens (tertiary/aromatic N) is 2. The summed E-state index contributed by atoms with van der Waals surface area (Å²) in [5.41, 5.74) is 0. The zero-order valence-corrected chi connectivity index (χ0v) is 9.55. The van der Waals surface area contributed by atoms with Gasteiger partial charge in [-0.3, -0.25) is 0 Å². The molecule has 0 aliphatic heterocycles. The molecule has 1 heterocycles. The van der Waals surface area contributed by atoms with Crippen LogP contribution < -0.4 is 5.32 Å². The van der Waals surface area contributed by atoms with Crippen molar-refractivity contribution in [3.8, 4) is 0 Å². The standard InChI is InChI=1S/C6H9N3.2C2H6/c1-5-8-4-3-6(7-2)9-5;2*1-2/h3-4H,1-2H3,(H,7,8,9);2*1-2H3. The van der Waals surface area contributed by atoms with E-state index in [2.05, 4.69) is 15.3 Å². The van der Waals surface area contributed by atoms with E-state index in [1.54, 1.807) is 6.20 Å². The van der Waals surface area contributed by atoms with E-state index in [4.69, 9.17) is 0 Å². The second-order valence-electron chi connectivity index (χ2n) is 1.74. The van der Waals surface area contributed by atoms with E-state index in [-0.39, 0.29) is 0 Å². The molecule has 0 bridgehead atoms. The van der Waals surface area contributed by atoms with Crippen LogP contribution in [0.15, 0.2) is 12.3 Å². The van der Waals surface area contributed by atoms with Gasteiger partial charge in [0.1, 0.15) is 11.6 Å². The third-order valence-corrected chi connectivity index (χ3v) is 1.03. The molecule has 3 nitrogen and oxygen atoms in total. The molecule has 0 aliphatic carbocycles. The molecule has 0 aromatic carbocycles. The zero-order valence-electron chi connectivity index (χ0n) is 9.55. The van der Waals surface area contributed by atoms with Crippen molar-refractivity contribution in [3.63, 3.8) is 0 Å². The monoisotopic (exact) mass is 183 g/mol. The molecule has 1 aromatic rings. The van der Waals surface area contributed by atoms with Crippen LogP contribution in [0.2, 0.25) is 0 Å². The highest BCUT2D eigenvalue weighted by molar-refractivity contribution is 5.31. The molecule has 0 spiro atoms. The Morgan fingerprint density at radius 2 is 1.69 bits per heavy atom. The summed E-state index contributed by atoms with van der Waals surface area (Å²) in [6.45, 7) is 9.86. The van der Waals surface area contributed by atoms with E-state index in [1.807, 2.05) is 47.7 Å². The molecule has 3 heteroatoms. The van der Waals surface area contributed by atoms with Gasteiger partial charge in [-0.1, -0.05) is 27.7 Å². The summed E-state index contributed by atoms with van der Waals surface area (Å²) in [4.78, 5) is 8.01. The quantitative estimate of drug-likeness (QED) is 0.727. The first-order valence-corrected chi connectivity index (χ1v) is 4.80. The summed E-state index contributed by atoms with van der Waals surface area (Å²) in [6, 6.07) is 1.83. The van der Waals surface area contributed by atoms with Crippen LogP contribution in [0, 0.1) is 6.92 Å². The van der Waals surface area contributed by atoms with Crippen LogP contribution in [0.1, 0.15) is 33.5 Å². The smallest absolute Gasteiger partial charge is 0.129 e. The van der Waals surface area contributed by atoms with Crippen molar-refractivity contribution in [2.45, 2.75) is 34.6 Å². The van der Waals surface area contributed by atoms with Gasteiger partial charge in [0.15, 0.2) is 0 Å². The molecule has 1 rings (SSSR count).